The first kappa shape index (κ1) is 21.3. The molecule has 0 aromatic heterocycles. The Balaban J connectivity index is 0.00000113. The van der Waals surface area contributed by atoms with Gasteiger partial charge < -0.3 is 62.2 Å². The van der Waals surface area contributed by atoms with E-state index in [9.17, 15) is 9.59 Å². The molecule has 3 aliphatic heterocycles. The van der Waals surface area contributed by atoms with Gasteiger partial charge in [-0.3, -0.25) is 9.59 Å². The summed E-state index contributed by atoms with van der Waals surface area (Å²) in [5.74, 6) is 0.235. The van der Waals surface area contributed by atoms with E-state index in [1.165, 1.54) is 5.71 Å². The molecule has 4 rings (SSSR count). The molecule has 1 aliphatic carbocycles. The number of hydrogen-bond donors (Lipinski definition) is 0. The van der Waals surface area contributed by atoms with Crippen molar-refractivity contribution in [3.05, 3.63) is 0 Å². The van der Waals surface area contributed by atoms with E-state index in [1.54, 1.807) is 4.90 Å². The van der Waals surface area contributed by atoms with Gasteiger partial charge in [0.2, 0.25) is 5.91 Å². The summed E-state index contributed by atoms with van der Waals surface area (Å²) in [6, 6.07) is 0.909. The molecule has 6 nitrogen and oxygen atoms in total. The third-order valence-corrected chi connectivity index (χ3v) is 6.98. The number of carbonyl (C=O) groups excluding carboxylic acids is 2. The van der Waals surface area contributed by atoms with Crippen molar-refractivity contribution in [1.29, 1.82) is 0 Å². The van der Waals surface area contributed by atoms with Crippen LogP contribution in [0.2, 0.25) is 0 Å². The van der Waals surface area contributed by atoms with E-state index in [-0.39, 0.29) is 59.8 Å². The van der Waals surface area contributed by atoms with E-state index in [4.69, 9.17) is 0 Å². The molecule has 2 amide bonds. The summed E-state index contributed by atoms with van der Waals surface area (Å²) in [6.45, 7) is 4.22. The molecular formula is C17H28I2N4O2. The minimum absolute atomic E-state index is 0. The number of quaternary nitrogens is 1. The van der Waals surface area contributed by atoms with Crippen molar-refractivity contribution in [3.63, 3.8) is 0 Å². The van der Waals surface area contributed by atoms with Gasteiger partial charge in [0, 0.05) is 12.8 Å². The predicted molar refractivity (Wildman–Crippen MR) is 86.0 cm³/mol. The number of likely N-dealkylation sites (N-methyl/N-ethyl adjacent to an activating group) is 1. The van der Waals surface area contributed by atoms with Crippen molar-refractivity contribution in [1.82, 2.24) is 9.80 Å². The van der Waals surface area contributed by atoms with Crippen LogP contribution in [0.3, 0.4) is 0 Å². The lowest BCUT2D eigenvalue weighted by Gasteiger charge is -2.43. The van der Waals surface area contributed by atoms with Crippen LogP contribution in [0.25, 0.3) is 0 Å². The summed E-state index contributed by atoms with van der Waals surface area (Å²) >= 11 is 0. The van der Waals surface area contributed by atoms with Crippen molar-refractivity contribution in [2.75, 3.05) is 34.9 Å². The third-order valence-electron chi connectivity index (χ3n) is 6.98. The highest BCUT2D eigenvalue weighted by atomic mass is 127. The molecule has 0 radical (unpaired) electrons. The minimum Gasteiger partial charge on any atom is -1.00 e. The fourth-order valence-electron chi connectivity index (χ4n) is 5.76. The van der Waals surface area contributed by atoms with Crippen molar-refractivity contribution in [3.8, 4) is 0 Å². The summed E-state index contributed by atoms with van der Waals surface area (Å²) in [5.41, 5.74) is 0.132. The first-order chi connectivity index (χ1) is 10.6. The number of fused-ring (bicyclic) bond motifs is 5. The lowest BCUT2D eigenvalue weighted by atomic mass is 9.74. The fraction of sp³-hybridized carbons (Fsp3) is 0.824. The molecule has 2 bridgehead atoms. The molecule has 0 aromatic carbocycles. The highest BCUT2D eigenvalue weighted by Gasteiger charge is 2.81. The lowest BCUT2D eigenvalue weighted by molar-refractivity contribution is -0.785. The van der Waals surface area contributed by atoms with Gasteiger partial charge in [-0.05, 0) is 13.8 Å². The monoisotopic (exact) mass is 574 g/mol. The standard InChI is InChI=1S/C17H28N4O2.2HI/c1-16(2)15(23)20-10-19(16)13(22)9-17(20)12(18(3)4)8-7-11-14(17)21(11,5)6;;/h11,14H,7-10H2,1-6H3;2*1H/q+2;;/p-2. The van der Waals surface area contributed by atoms with E-state index >= 15 is 0 Å². The Kier molecular flexibility index (Phi) is 5.13. The SMILES string of the molecule is C[N+](C)=C1CCC2C(C13CC(=O)N1CN3C(=O)C1(C)C)[N+]2(C)C.[I-].[I-]. The number of rotatable bonds is 0. The maximum Gasteiger partial charge on any atom is 0.250 e. The van der Waals surface area contributed by atoms with Gasteiger partial charge in [-0.15, -0.1) is 0 Å². The van der Waals surface area contributed by atoms with E-state index in [0.717, 1.165) is 17.3 Å². The van der Waals surface area contributed by atoms with Gasteiger partial charge in [0.05, 0.1) is 27.2 Å². The van der Waals surface area contributed by atoms with Crippen LogP contribution in [0.15, 0.2) is 0 Å². The summed E-state index contributed by atoms with van der Waals surface area (Å²) in [4.78, 5) is 29.9. The molecule has 8 heteroatoms. The Morgan fingerprint density at radius 1 is 1.12 bits per heavy atom. The first-order valence-corrected chi connectivity index (χ1v) is 8.55. The van der Waals surface area contributed by atoms with Crippen molar-refractivity contribution in [2.45, 2.75) is 56.3 Å². The fourth-order valence-corrected chi connectivity index (χ4v) is 5.76. The maximum absolute atomic E-state index is 13.2. The molecule has 142 valence electrons. The summed E-state index contributed by atoms with van der Waals surface area (Å²) in [7, 11) is 8.61. The Bertz CT molecular complexity index is 672. The topological polar surface area (TPSA) is 43.6 Å². The lowest BCUT2D eigenvalue weighted by Crippen LogP contribution is -3.00. The van der Waals surface area contributed by atoms with Crippen LogP contribution in [0.1, 0.15) is 33.1 Å². The zero-order valence-corrected chi connectivity index (χ0v) is 20.2. The molecule has 0 aromatic rings. The van der Waals surface area contributed by atoms with Crippen LogP contribution in [-0.4, -0.2) is 94.4 Å². The Morgan fingerprint density at radius 2 is 1.72 bits per heavy atom. The van der Waals surface area contributed by atoms with E-state index in [2.05, 4.69) is 32.8 Å². The average Bonchev–Trinajstić information content (AvgIpc) is 2.93. The molecule has 25 heavy (non-hydrogen) atoms. The first-order valence-electron chi connectivity index (χ1n) is 8.55. The largest absolute Gasteiger partial charge is 1.00 e. The molecule has 4 fully saturated rings. The highest BCUT2D eigenvalue weighted by molar-refractivity contribution is 6.06. The molecule has 3 atom stereocenters. The van der Waals surface area contributed by atoms with E-state index in [0.29, 0.717) is 25.2 Å². The number of hydrogen-bond acceptors (Lipinski definition) is 2. The Labute approximate surface area is 184 Å². The van der Waals surface area contributed by atoms with Crippen LogP contribution < -0.4 is 48.0 Å². The second-order valence-corrected chi connectivity index (χ2v) is 8.88. The third kappa shape index (κ3) is 2.38. The van der Waals surface area contributed by atoms with Crippen LogP contribution in [-0.2, 0) is 9.59 Å². The molecule has 3 unspecified atom stereocenters. The average molecular weight is 574 g/mol. The second kappa shape index (κ2) is 6.02. The smallest absolute Gasteiger partial charge is 0.250 e. The molecule has 4 aliphatic rings. The molecule has 3 saturated heterocycles. The number of likely N-dealkylation sites (tertiary alicyclic amines) is 1. The molecule has 3 heterocycles. The van der Waals surface area contributed by atoms with Crippen LogP contribution in [0.5, 0.6) is 0 Å². The zero-order valence-electron chi connectivity index (χ0n) is 15.8. The predicted octanol–water partition coefficient (Wildman–Crippen LogP) is -6.12. The Hall–Kier alpha value is 0.0300. The van der Waals surface area contributed by atoms with Gasteiger partial charge in [0.25, 0.3) is 5.91 Å². The summed E-state index contributed by atoms with van der Waals surface area (Å²) < 4.78 is 3.09. The van der Waals surface area contributed by atoms with Crippen molar-refractivity contribution < 1.29 is 66.6 Å². The maximum atomic E-state index is 13.2. The molecule has 1 spiro atoms. The summed E-state index contributed by atoms with van der Waals surface area (Å²) in [6.07, 6.45) is 2.57. The van der Waals surface area contributed by atoms with Crippen LogP contribution in [0.4, 0.5) is 0 Å². The van der Waals surface area contributed by atoms with Gasteiger partial charge >= 0.3 is 0 Å². The van der Waals surface area contributed by atoms with Gasteiger partial charge in [-0.2, -0.15) is 0 Å². The van der Waals surface area contributed by atoms with Crippen molar-refractivity contribution >= 4 is 17.5 Å². The number of carbonyl (C=O) groups is 2. The van der Waals surface area contributed by atoms with Gasteiger partial charge in [-0.1, -0.05) is 0 Å². The van der Waals surface area contributed by atoms with E-state index in [1.807, 2.05) is 18.7 Å². The van der Waals surface area contributed by atoms with Crippen LogP contribution in [0, 0.1) is 0 Å². The Morgan fingerprint density at radius 3 is 2.28 bits per heavy atom. The normalized spacial score (nSPS) is 36.6. The number of halogens is 2. The number of nitrogens with zero attached hydrogens (tertiary/aromatic N) is 4. The van der Waals surface area contributed by atoms with Gasteiger partial charge in [0.1, 0.15) is 25.7 Å². The van der Waals surface area contributed by atoms with E-state index < -0.39 is 11.1 Å². The quantitative estimate of drug-likeness (QED) is 0.125. The minimum atomic E-state index is -0.711. The van der Waals surface area contributed by atoms with Gasteiger partial charge in [-0.25, -0.2) is 4.58 Å². The van der Waals surface area contributed by atoms with Crippen molar-refractivity contribution in [2.24, 2.45) is 0 Å². The van der Waals surface area contributed by atoms with Gasteiger partial charge in [0.15, 0.2) is 17.3 Å². The molecule has 1 saturated carbocycles. The summed E-state index contributed by atoms with van der Waals surface area (Å²) in [5, 5.41) is 0. The van der Waals surface area contributed by atoms with Crippen LogP contribution >= 0.6 is 0 Å². The molecular weight excluding hydrogens is 546 g/mol. The molecule has 0 N–H and O–H groups in total. The highest BCUT2D eigenvalue weighted by Crippen LogP contribution is 2.56. The number of amides is 2. The zero-order chi connectivity index (χ0) is 16.9. The second-order valence-electron chi connectivity index (χ2n) is 8.88.